The molecule has 5 heteroatoms. The summed E-state index contributed by atoms with van der Waals surface area (Å²) in [6.07, 6.45) is 0. The predicted molar refractivity (Wildman–Crippen MR) is 86.1 cm³/mol. The van der Waals surface area contributed by atoms with Crippen molar-refractivity contribution in [3.05, 3.63) is 57.6 Å². The number of rotatable bonds is 4. The highest BCUT2D eigenvalue weighted by atomic mass is 16.6. The van der Waals surface area contributed by atoms with Gasteiger partial charge in [-0.25, -0.2) is 0 Å². The zero-order valence-electron chi connectivity index (χ0n) is 12.4. The SMILES string of the molecule is Cc1cccc(C(C)C)c1Nc1ccc([N+](=O)[O-])c(N)c1. The molecule has 0 heterocycles. The molecule has 0 radical (unpaired) electrons. The summed E-state index contributed by atoms with van der Waals surface area (Å²) in [4.78, 5) is 10.3. The number of anilines is 3. The van der Waals surface area contributed by atoms with E-state index in [0.717, 1.165) is 16.9 Å². The average molecular weight is 285 g/mol. The standard InChI is InChI=1S/C16H19N3O2/c1-10(2)13-6-4-5-11(3)16(13)18-12-7-8-15(19(20)21)14(17)9-12/h4-10,18H,17H2,1-3H3. The summed E-state index contributed by atoms with van der Waals surface area (Å²) >= 11 is 0. The van der Waals surface area contributed by atoms with Crippen LogP contribution in [0.15, 0.2) is 36.4 Å². The van der Waals surface area contributed by atoms with E-state index in [1.54, 1.807) is 12.1 Å². The first-order valence-electron chi connectivity index (χ1n) is 6.80. The number of nitro benzene ring substituents is 1. The van der Waals surface area contributed by atoms with Crippen LogP contribution in [0.5, 0.6) is 0 Å². The van der Waals surface area contributed by atoms with E-state index in [4.69, 9.17) is 5.73 Å². The predicted octanol–water partition coefficient (Wildman–Crippen LogP) is 4.35. The van der Waals surface area contributed by atoms with Crippen LogP contribution in [0, 0.1) is 17.0 Å². The Morgan fingerprint density at radius 2 is 1.95 bits per heavy atom. The largest absolute Gasteiger partial charge is 0.393 e. The molecule has 0 amide bonds. The molecule has 2 aromatic carbocycles. The Kier molecular flexibility index (Phi) is 4.12. The van der Waals surface area contributed by atoms with E-state index in [1.807, 2.05) is 19.1 Å². The molecule has 0 aliphatic carbocycles. The minimum Gasteiger partial charge on any atom is -0.393 e. The zero-order chi connectivity index (χ0) is 15.6. The zero-order valence-corrected chi connectivity index (χ0v) is 12.4. The van der Waals surface area contributed by atoms with Gasteiger partial charge in [-0.05, 0) is 36.1 Å². The van der Waals surface area contributed by atoms with Crippen LogP contribution in [-0.4, -0.2) is 4.92 Å². The summed E-state index contributed by atoms with van der Waals surface area (Å²) in [7, 11) is 0. The molecule has 0 saturated heterocycles. The van der Waals surface area contributed by atoms with Crippen molar-refractivity contribution in [2.24, 2.45) is 0 Å². The Balaban J connectivity index is 2.39. The molecule has 3 N–H and O–H groups in total. The second-order valence-electron chi connectivity index (χ2n) is 5.35. The van der Waals surface area contributed by atoms with Gasteiger partial charge in [0.2, 0.25) is 0 Å². The number of nitrogens with zero attached hydrogens (tertiary/aromatic N) is 1. The number of aryl methyl sites for hydroxylation is 1. The molecular formula is C16H19N3O2. The van der Waals surface area contributed by atoms with Gasteiger partial charge in [-0.15, -0.1) is 0 Å². The van der Waals surface area contributed by atoms with Crippen molar-refractivity contribution in [3.8, 4) is 0 Å². The van der Waals surface area contributed by atoms with Crippen LogP contribution in [0.2, 0.25) is 0 Å². The first-order chi connectivity index (χ1) is 9.90. The van der Waals surface area contributed by atoms with E-state index >= 15 is 0 Å². The third-order valence-electron chi connectivity index (χ3n) is 3.42. The van der Waals surface area contributed by atoms with Gasteiger partial charge in [-0.2, -0.15) is 0 Å². The lowest BCUT2D eigenvalue weighted by atomic mass is 9.98. The molecule has 2 aromatic rings. The van der Waals surface area contributed by atoms with Crippen LogP contribution in [0.4, 0.5) is 22.7 Å². The Bertz CT molecular complexity index is 681. The lowest BCUT2D eigenvalue weighted by Gasteiger charge is -2.17. The fourth-order valence-electron chi connectivity index (χ4n) is 2.29. The van der Waals surface area contributed by atoms with Crippen LogP contribution in [0.25, 0.3) is 0 Å². The monoisotopic (exact) mass is 285 g/mol. The normalized spacial score (nSPS) is 10.7. The maximum absolute atomic E-state index is 10.8. The number of para-hydroxylation sites is 1. The van der Waals surface area contributed by atoms with Gasteiger partial charge in [-0.1, -0.05) is 32.0 Å². The highest BCUT2D eigenvalue weighted by molar-refractivity contribution is 5.73. The fourth-order valence-corrected chi connectivity index (χ4v) is 2.29. The molecule has 0 unspecified atom stereocenters. The molecule has 0 bridgehead atoms. The lowest BCUT2D eigenvalue weighted by molar-refractivity contribution is -0.383. The molecule has 21 heavy (non-hydrogen) atoms. The number of hydrogen-bond acceptors (Lipinski definition) is 4. The van der Waals surface area contributed by atoms with Gasteiger partial charge in [0, 0.05) is 17.4 Å². The number of nitrogen functional groups attached to an aromatic ring is 1. The van der Waals surface area contributed by atoms with Crippen molar-refractivity contribution in [1.82, 2.24) is 0 Å². The summed E-state index contributed by atoms with van der Waals surface area (Å²) < 4.78 is 0. The molecule has 2 rings (SSSR count). The molecule has 5 nitrogen and oxygen atoms in total. The number of nitrogens with two attached hydrogens (primary N) is 1. The minimum absolute atomic E-state index is 0.0746. The molecule has 0 aliphatic rings. The van der Waals surface area contributed by atoms with Gasteiger partial charge in [0.05, 0.1) is 4.92 Å². The van der Waals surface area contributed by atoms with Crippen LogP contribution < -0.4 is 11.1 Å². The quantitative estimate of drug-likeness (QED) is 0.497. The Hall–Kier alpha value is -2.56. The maximum Gasteiger partial charge on any atom is 0.292 e. The van der Waals surface area contributed by atoms with Crippen molar-refractivity contribution in [2.75, 3.05) is 11.1 Å². The van der Waals surface area contributed by atoms with E-state index in [9.17, 15) is 10.1 Å². The third-order valence-corrected chi connectivity index (χ3v) is 3.42. The second kappa shape index (κ2) is 5.83. The van der Waals surface area contributed by atoms with Crippen molar-refractivity contribution in [1.29, 1.82) is 0 Å². The Labute approximate surface area is 123 Å². The van der Waals surface area contributed by atoms with Crippen molar-refractivity contribution >= 4 is 22.7 Å². The fraction of sp³-hybridized carbons (Fsp3) is 0.250. The maximum atomic E-state index is 10.8. The summed E-state index contributed by atoms with van der Waals surface area (Å²) in [6.45, 7) is 6.29. The number of benzene rings is 2. The minimum atomic E-state index is -0.480. The smallest absolute Gasteiger partial charge is 0.292 e. The van der Waals surface area contributed by atoms with E-state index in [2.05, 4.69) is 25.2 Å². The topological polar surface area (TPSA) is 81.2 Å². The molecule has 0 atom stereocenters. The Morgan fingerprint density at radius 3 is 2.52 bits per heavy atom. The van der Waals surface area contributed by atoms with Crippen LogP contribution >= 0.6 is 0 Å². The van der Waals surface area contributed by atoms with Gasteiger partial charge in [0.1, 0.15) is 5.69 Å². The van der Waals surface area contributed by atoms with E-state index in [-0.39, 0.29) is 11.4 Å². The van der Waals surface area contributed by atoms with Crippen molar-refractivity contribution in [2.45, 2.75) is 26.7 Å². The molecule has 0 aromatic heterocycles. The Morgan fingerprint density at radius 1 is 1.24 bits per heavy atom. The van der Waals surface area contributed by atoms with Gasteiger partial charge < -0.3 is 11.1 Å². The van der Waals surface area contributed by atoms with Crippen LogP contribution in [0.3, 0.4) is 0 Å². The molecule has 0 saturated carbocycles. The second-order valence-corrected chi connectivity index (χ2v) is 5.35. The highest BCUT2D eigenvalue weighted by Gasteiger charge is 2.13. The molecular weight excluding hydrogens is 266 g/mol. The summed E-state index contributed by atoms with van der Waals surface area (Å²) in [5.41, 5.74) is 9.91. The molecule has 0 fully saturated rings. The molecule has 0 spiro atoms. The summed E-state index contributed by atoms with van der Waals surface area (Å²) in [6, 6.07) is 10.8. The van der Waals surface area contributed by atoms with E-state index in [1.165, 1.54) is 11.6 Å². The van der Waals surface area contributed by atoms with Crippen molar-refractivity contribution in [3.63, 3.8) is 0 Å². The lowest BCUT2D eigenvalue weighted by Crippen LogP contribution is -2.02. The van der Waals surface area contributed by atoms with E-state index in [0.29, 0.717) is 5.92 Å². The molecule has 110 valence electrons. The van der Waals surface area contributed by atoms with Crippen molar-refractivity contribution < 1.29 is 4.92 Å². The van der Waals surface area contributed by atoms with E-state index < -0.39 is 4.92 Å². The number of nitrogens with one attached hydrogen (secondary N) is 1. The molecule has 0 aliphatic heterocycles. The van der Waals surface area contributed by atoms with Crippen LogP contribution in [0.1, 0.15) is 30.9 Å². The van der Waals surface area contributed by atoms with Gasteiger partial charge >= 0.3 is 0 Å². The van der Waals surface area contributed by atoms with Gasteiger partial charge in [0.25, 0.3) is 5.69 Å². The van der Waals surface area contributed by atoms with Gasteiger partial charge in [-0.3, -0.25) is 10.1 Å². The summed E-state index contributed by atoms with van der Waals surface area (Å²) in [5.74, 6) is 0.378. The number of nitro groups is 1. The first-order valence-corrected chi connectivity index (χ1v) is 6.80. The van der Waals surface area contributed by atoms with Crippen LogP contribution in [-0.2, 0) is 0 Å². The van der Waals surface area contributed by atoms with Gasteiger partial charge in [0.15, 0.2) is 0 Å². The summed E-state index contributed by atoms with van der Waals surface area (Å²) in [5, 5.41) is 14.1. The average Bonchev–Trinajstić information content (AvgIpc) is 2.40. The number of hydrogen-bond donors (Lipinski definition) is 2. The first kappa shape index (κ1) is 14.8. The third kappa shape index (κ3) is 3.13. The highest BCUT2D eigenvalue weighted by Crippen LogP contribution is 2.32.